The van der Waals surface area contributed by atoms with Crippen LogP contribution >= 0.6 is 11.6 Å². The minimum absolute atomic E-state index is 0.145. The molecule has 1 aliphatic carbocycles. The molecule has 1 aromatic carbocycles. The Labute approximate surface area is 112 Å². The molecule has 0 saturated heterocycles. The number of hydrogen-bond acceptors (Lipinski definition) is 2. The summed E-state index contributed by atoms with van der Waals surface area (Å²) in [5.41, 5.74) is 8.91. The van der Waals surface area contributed by atoms with Crippen molar-refractivity contribution in [2.45, 2.75) is 38.1 Å². The fourth-order valence-electron chi connectivity index (χ4n) is 3.11. The third-order valence-corrected chi connectivity index (χ3v) is 4.39. The first-order chi connectivity index (χ1) is 8.60. The topological polar surface area (TPSA) is 38.9 Å². The average Bonchev–Trinajstić information content (AvgIpc) is 2.78. The first-order valence-electron chi connectivity index (χ1n) is 6.44. The van der Waals surface area contributed by atoms with Gasteiger partial charge in [0.15, 0.2) is 0 Å². The van der Waals surface area contributed by atoms with Crippen LogP contribution in [0.15, 0.2) is 24.4 Å². The van der Waals surface area contributed by atoms with Crippen molar-refractivity contribution in [2.75, 3.05) is 0 Å². The van der Waals surface area contributed by atoms with Gasteiger partial charge in [0.25, 0.3) is 0 Å². The second-order valence-electron chi connectivity index (χ2n) is 5.35. The fourth-order valence-corrected chi connectivity index (χ4v) is 3.33. The predicted molar refractivity (Wildman–Crippen MR) is 75.8 cm³/mol. The first kappa shape index (κ1) is 11.9. The summed E-state index contributed by atoms with van der Waals surface area (Å²) in [5, 5.41) is 2.72. The molecular formula is C15H17ClN2. The summed E-state index contributed by atoms with van der Waals surface area (Å²) in [6.45, 7) is 2.12. The summed E-state index contributed by atoms with van der Waals surface area (Å²) < 4.78 is 0. The summed E-state index contributed by atoms with van der Waals surface area (Å²) in [6.07, 6.45) is 6.37. The summed E-state index contributed by atoms with van der Waals surface area (Å²) in [5.74, 6) is 0. The molecule has 0 radical (unpaired) electrons. The van der Waals surface area contributed by atoms with Gasteiger partial charge in [-0.15, -0.1) is 0 Å². The van der Waals surface area contributed by atoms with E-state index in [1.807, 2.05) is 6.07 Å². The molecule has 94 valence electrons. The maximum Gasteiger partial charge on any atom is 0.136 e. The van der Waals surface area contributed by atoms with E-state index in [1.165, 1.54) is 24.0 Å². The summed E-state index contributed by atoms with van der Waals surface area (Å²) in [4.78, 5) is 4.13. The van der Waals surface area contributed by atoms with E-state index in [-0.39, 0.29) is 5.54 Å². The number of nitrogens with two attached hydrogens (primary N) is 1. The van der Waals surface area contributed by atoms with Crippen molar-refractivity contribution in [3.05, 3.63) is 40.7 Å². The van der Waals surface area contributed by atoms with Crippen LogP contribution in [0.1, 0.15) is 36.8 Å². The molecule has 0 aliphatic heterocycles. The molecule has 0 atom stereocenters. The highest BCUT2D eigenvalue weighted by Crippen LogP contribution is 2.39. The van der Waals surface area contributed by atoms with Crippen molar-refractivity contribution in [2.24, 2.45) is 5.73 Å². The van der Waals surface area contributed by atoms with E-state index in [1.54, 1.807) is 6.20 Å². The zero-order chi connectivity index (χ0) is 12.8. The van der Waals surface area contributed by atoms with Crippen molar-refractivity contribution in [3.8, 4) is 0 Å². The van der Waals surface area contributed by atoms with Crippen LogP contribution in [0.25, 0.3) is 10.8 Å². The van der Waals surface area contributed by atoms with E-state index in [0.717, 1.165) is 23.6 Å². The van der Waals surface area contributed by atoms with E-state index in [9.17, 15) is 0 Å². The molecule has 1 heterocycles. The Balaban J connectivity index is 2.22. The van der Waals surface area contributed by atoms with Gasteiger partial charge >= 0.3 is 0 Å². The Kier molecular flexibility index (Phi) is 2.80. The number of hydrogen-bond donors (Lipinski definition) is 1. The van der Waals surface area contributed by atoms with Crippen LogP contribution < -0.4 is 5.73 Å². The minimum atomic E-state index is -0.145. The first-order valence-corrected chi connectivity index (χ1v) is 6.82. The van der Waals surface area contributed by atoms with E-state index < -0.39 is 0 Å². The molecule has 1 aromatic heterocycles. The van der Waals surface area contributed by atoms with Crippen LogP contribution in [0.3, 0.4) is 0 Å². The molecular weight excluding hydrogens is 244 g/mol. The third-order valence-electron chi connectivity index (χ3n) is 4.09. The lowest BCUT2D eigenvalue weighted by atomic mass is 9.85. The zero-order valence-electron chi connectivity index (χ0n) is 10.5. The fraction of sp³-hybridized carbons (Fsp3) is 0.400. The van der Waals surface area contributed by atoms with Crippen molar-refractivity contribution < 1.29 is 0 Å². The molecule has 0 amide bonds. The molecule has 2 aromatic rings. The van der Waals surface area contributed by atoms with Gasteiger partial charge in [0, 0.05) is 17.1 Å². The highest BCUT2D eigenvalue weighted by molar-refractivity contribution is 6.34. The summed E-state index contributed by atoms with van der Waals surface area (Å²) in [7, 11) is 0. The monoisotopic (exact) mass is 260 g/mol. The largest absolute Gasteiger partial charge is 0.321 e. The average molecular weight is 261 g/mol. The molecule has 18 heavy (non-hydrogen) atoms. The molecule has 0 bridgehead atoms. The van der Waals surface area contributed by atoms with Gasteiger partial charge in [-0.1, -0.05) is 24.4 Å². The molecule has 2 nitrogen and oxygen atoms in total. The predicted octanol–water partition coefficient (Wildman–Crippen LogP) is 3.92. The number of fused-ring (bicyclic) bond motifs is 1. The molecule has 1 aliphatic rings. The van der Waals surface area contributed by atoms with Crippen molar-refractivity contribution in [1.82, 2.24) is 4.98 Å². The second kappa shape index (κ2) is 4.22. The molecule has 0 spiro atoms. The lowest BCUT2D eigenvalue weighted by molar-refractivity contribution is 0.460. The maximum atomic E-state index is 6.56. The molecule has 0 unspecified atom stereocenters. The number of benzene rings is 1. The Morgan fingerprint density at radius 3 is 2.72 bits per heavy atom. The van der Waals surface area contributed by atoms with E-state index in [0.29, 0.717) is 5.15 Å². The van der Waals surface area contributed by atoms with E-state index in [4.69, 9.17) is 17.3 Å². The van der Waals surface area contributed by atoms with Crippen molar-refractivity contribution in [3.63, 3.8) is 0 Å². The lowest BCUT2D eigenvalue weighted by Gasteiger charge is -2.26. The number of pyridine rings is 1. The Morgan fingerprint density at radius 2 is 2.00 bits per heavy atom. The van der Waals surface area contributed by atoms with Gasteiger partial charge in [0.05, 0.1) is 0 Å². The second-order valence-corrected chi connectivity index (χ2v) is 5.71. The highest BCUT2D eigenvalue weighted by Gasteiger charge is 2.32. The summed E-state index contributed by atoms with van der Waals surface area (Å²) >= 11 is 6.13. The summed E-state index contributed by atoms with van der Waals surface area (Å²) in [6, 6.07) is 6.32. The number of rotatable bonds is 1. The van der Waals surface area contributed by atoms with Crippen LogP contribution in [0.2, 0.25) is 5.15 Å². The normalized spacial score (nSPS) is 18.4. The van der Waals surface area contributed by atoms with E-state index in [2.05, 4.69) is 24.0 Å². The highest BCUT2D eigenvalue weighted by atomic mass is 35.5. The van der Waals surface area contributed by atoms with Gasteiger partial charge in [0.2, 0.25) is 0 Å². The van der Waals surface area contributed by atoms with Gasteiger partial charge in [-0.3, -0.25) is 0 Å². The lowest BCUT2D eigenvalue weighted by Crippen LogP contribution is -2.33. The quantitative estimate of drug-likeness (QED) is 0.789. The van der Waals surface area contributed by atoms with Gasteiger partial charge in [0.1, 0.15) is 5.15 Å². The minimum Gasteiger partial charge on any atom is -0.321 e. The van der Waals surface area contributed by atoms with Crippen LogP contribution in [-0.2, 0) is 5.54 Å². The van der Waals surface area contributed by atoms with Crippen molar-refractivity contribution >= 4 is 22.4 Å². The van der Waals surface area contributed by atoms with Crippen LogP contribution in [0, 0.1) is 6.92 Å². The Hall–Kier alpha value is -1.12. The molecule has 2 N–H and O–H groups in total. The van der Waals surface area contributed by atoms with Crippen LogP contribution in [0.4, 0.5) is 0 Å². The molecule has 1 saturated carbocycles. The maximum absolute atomic E-state index is 6.56. The SMILES string of the molecule is Cc1cc2c(Cl)nccc2cc1C1(N)CCCC1. The van der Waals surface area contributed by atoms with Crippen LogP contribution in [-0.4, -0.2) is 4.98 Å². The van der Waals surface area contributed by atoms with Gasteiger partial charge in [-0.25, -0.2) is 4.98 Å². The number of nitrogens with zero attached hydrogens (tertiary/aromatic N) is 1. The standard InChI is InChI=1S/C15H17ClN2/c1-10-8-12-11(4-7-18-14(12)16)9-13(10)15(17)5-2-3-6-15/h4,7-9H,2-3,5-6,17H2,1H3. The van der Waals surface area contributed by atoms with E-state index >= 15 is 0 Å². The number of aromatic nitrogens is 1. The van der Waals surface area contributed by atoms with Gasteiger partial charge in [-0.2, -0.15) is 0 Å². The molecule has 3 heteroatoms. The molecule has 1 fully saturated rings. The Morgan fingerprint density at radius 1 is 1.28 bits per heavy atom. The number of aryl methyl sites for hydroxylation is 1. The molecule has 3 rings (SSSR count). The van der Waals surface area contributed by atoms with Gasteiger partial charge in [-0.05, 0) is 54.5 Å². The third kappa shape index (κ3) is 1.80. The van der Waals surface area contributed by atoms with Crippen molar-refractivity contribution in [1.29, 1.82) is 0 Å². The Bertz CT molecular complexity index is 601. The van der Waals surface area contributed by atoms with Crippen LogP contribution in [0.5, 0.6) is 0 Å². The van der Waals surface area contributed by atoms with Gasteiger partial charge < -0.3 is 5.73 Å². The zero-order valence-corrected chi connectivity index (χ0v) is 11.3. The number of halogens is 1. The smallest absolute Gasteiger partial charge is 0.136 e.